The normalized spacial score (nSPS) is 14.5. The Labute approximate surface area is 147 Å². The van der Waals surface area contributed by atoms with Gasteiger partial charge in [0, 0.05) is 18.7 Å². The molecule has 7 heteroatoms. The number of carbonyl (C=O) groups is 1. The molecule has 0 spiro atoms. The van der Waals surface area contributed by atoms with Crippen LogP contribution in [-0.2, 0) is 23.0 Å². The van der Waals surface area contributed by atoms with Crippen LogP contribution in [0.5, 0.6) is 0 Å². The number of nitrogens with zero attached hydrogens (tertiary/aromatic N) is 1. The second-order valence-electron chi connectivity index (χ2n) is 6.20. The van der Waals surface area contributed by atoms with Gasteiger partial charge in [-0.1, -0.05) is 31.2 Å². The van der Waals surface area contributed by atoms with Gasteiger partial charge in [-0.3, -0.25) is 4.79 Å². The number of rotatable bonds is 7. The van der Waals surface area contributed by atoms with E-state index in [1.165, 1.54) is 24.9 Å². The van der Waals surface area contributed by atoms with Gasteiger partial charge >= 0.3 is 0 Å². The smallest absolute Gasteiger partial charge is 0.273 e. The number of sulfonamides is 1. The average Bonchev–Trinajstić information content (AvgIpc) is 3.34. The average molecular weight is 362 g/mol. The number of aryl methyl sites for hydroxylation is 1. The molecule has 2 aromatic rings. The third-order valence-electron chi connectivity index (χ3n) is 4.39. The number of amides is 1. The van der Waals surface area contributed by atoms with E-state index in [0.29, 0.717) is 6.54 Å². The van der Waals surface area contributed by atoms with E-state index in [1.54, 1.807) is 4.90 Å². The lowest BCUT2D eigenvalue weighted by Crippen LogP contribution is -2.32. The molecule has 0 radical (unpaired) electrons. The van der Waals surface area contributed by atoms with E-state index in [4.69, 9.17) is 4.42 Å². The summed E-state index contributed by atoms with van der Waals surface area (Å²) in [7, 11) is -2.39. The molecule has 1 aromatic heterocycles. The van der Waals surface area contributed by atoms with Gasteiger partial charge in [-0.2, -0.15) is 0 Å². The maximum atomic E-state index is 12.8. The van der Waals surface area contributed by atoms with Crippen LogP contribution in [0.2, 0.25) is 0 Å². The van der Waals surface area contributed by atoms with Gasteiger partial charge < -0.3 is 9.32 Å². The second kappa shape index (κ2) is 7.01. The number of carbonyl (C=O) groups excluding carboxylic acids is 1. The van der Waals surface area contributed by atoms with Crippen molar-refractivity contribution in [1.29, 1.82) is 0 Å². The number of hydrogen-bond acceptors (Lipinski definition) is 4. The topological polar surface area (TPSA) is 79.6 Å². The Morgan fingerprint density at radius 3 is 2.44 bits per heavy atom. The van der Waals surface area contributed by atoms with Crippen LogP contribution in [0.3, 0.4) is 0 Å². The van der Waals surface area contributed by atoms with E-state index in [-0.39, 0.29) is 22.6 Å². The van der Waals surface area contributed by atoms with Crippen molar-refractivity contribution in [1.82, 2.24) is 9.62 Å². The number of furan rings is 1. The molecular formula is C18H22N2O4S. The Kier molecular flexibility index (Phi) is 4.96. The van der Waals surface area contributed by atoms with E-state index in [9.17, 15) is 13.2 Å². The van der Waals surface area contributed by atoms with Gasteiger partial charge in [-0.25, -0.2) is 13.1 Å². The zero-order valence-electron chi connectivity index (χ0n) is 14.4. The molecule has 3 rings (SSSR count). The Balaban J connectivity index is 1.79. The predicted molar refractivity (Wildman–Crippen MR) is 93.7 cm³/mol. The highest BCUT2D eigenvalue weighted by molar-refractivity contribution is 7.89. The fourth-order valence-electron chi connectivity index (χ4n) is 2.67. The quantitative estimate of drug-likeness (QED) is 0.821. The maximum absolute atomic E-state index is 12.8. The molecule has 0 saturated heterocycles. The molecule has 1 amide bonds. The van der Waals surface area contributed by atoms with Crippen LogP contribution in [-0.4, -0.2) is 32.3 Å². The monoisotopic (exact) mass is 362 g/mol. The van der Waals surface area contributed by atoms with Crippen molar-refractivity contribution in [2.75, 3.05) is 7.05 Å². The molecule has 1 heterocycles. The van der Waals surface area contributed by atoms with Crippen LogP contribution in [0.4, 0.5) is 0 Å². The van der Waals surface area contributed by atoms with E-state index in [2.05, 4.69) is 23.8 Å². The summed E-state index contributed by atoms with van der Waals surface area (Å²) in [5.41, 5.74) is 2.57. The van der Waals surface area contributed by atoms with Gasteiger partial charge in [0.25, 0.3) is 15.9 Å². The zero-order valence-corrected chi connectivity index (χ0v) is 15.2. The third-order valence-corrected chi connectivity index (χ3v) is 5.67. The first-order chi connectivity index (χ1) is 11.9. The van der Waals surface area contributed by atoms with Crippen LogP contribution in [0.1, 0.15) is 41.3 Å². The first-order valence-electron chi connectivity index (χ1n) is 8.35. The fraction of sp³-hybridized carbons (Fsp3) is 0.389. The summed E-state index contributed by atoms with van der Waals surface area (Å²) in [6, 6.07) is 9.70. The number of hydrogen-bond donors (Lipinski definition) is 1. The minimum atomic E-state index is -3.70. The van der Waals surface area contributed by atoms with Crippen LogP contribution >= 0.6 is 0 Å². The van der Waals surface area contributed by atoms with Crippen LogP contribution in [0.25, 0.3) is 0 Å². The molecule has 0 bridgehead atoms. The molecule has 25 heavy (non-hydrogen) atoms. The summed E-state index contributed by atoms with van der Waals surface area (Å²) < 4.78 is 30.8. The van der Waals surface area contributed by atoms with Crippen molar-refractivity contribution < 1.29 is 17.6 Å². The first-order valence-corrected chi connectivity index (χ1v) is 9.83. The predicted octanol–water partition coefficient (Wildman–Crippen LogP) is 2.55. The highest BCUT2D eigenvalue weighted by Crippen LogP contribution is 2.30. The molecule has 0 aliphatic heterocycles. The fourth-order valence-corrected chi connectivity index (χ4v) is 3.32. The van der Waals surface area contributed by atoms with Gasteiger partial charge in [-0.05, 0) is 37.4 Å². The summed E-state index contributed by atoms with van der Waals surface area (Å²) in [4.78, 5) is 14.6. The van der Waals surface area contributed by atoms with Crippen molar-refractivity contribution in [2.24, 2.45) is 0 Å². The van der Waals surface area contributed by atoms with E-state index in [1.807, 2.05) is 12.1 Å². The lowest BCUT2D eigenvalue weighted by molar-refractivity contribution is 0.0729. The highest BCUT2D eigenvalue weighted by Gasteiger charge is 2.34. The van der Waals surface area contributed by atoms with Crippen molar-refractivity contribution in [3.8, 4) is 0 Å². The lowest BCUT2D eigenvalue weighted by atomic mass is 10.1. The SMILES string of the molecule is CCc1ccc(CN(C(=O)c2coc(S(=O)(=O)NC)c2)C2CC2)cc1. The van der Waals surface area contributed by atoms with Gasteiger partial charge in [-0.15, -0.1) is 0 Å². The van der Waals surface area contributed by atoms with Crippen molar-refractivity contribution in [3.63, 3.8) is 0 Å². The van der Waals surface area contributed by atoms with Crippen molar-refractivity contribution in [3.05, 3.63) is 53.3 Å². The van der Waals surface area contributed by atoms with Crippen molar-refractivity contribution in [2.45, 2.75) is 43.9 Å². The third kappa shape index (κ3) is 3.93. The Morgan fingerprint density at radius 1 is 1.24 bits per heavy atom. The van der Waals surface area contributed by atoms with Gasteiger partial charge in [0.2, 0.25) is 5.09 Å². The Bertz CT molecular complexity index is 851. The summed E-state index contributed by atoms with van der Waals surface area (Å²) in [6.07, 6.45) is 4.13. The van der Waals surface area contributed by atoms with E-state index >= 15 is 0 Å². The Morgan fingerprint density at radius 2 is 1.88 bits per heavy atom. The van der Waals surface area contributed by atoms with E-state index < -0.39 is 10.0 Å². The van der Waals surface area contributed by atoms with Crippen LogP contribution in [0, 0.1) is 0 Å². The minimum absolute atomic E-state index is 0.205. The first kappa shape index (κ1) is 17.7. The summed E-state index contributed by atoms with van der Waals surface area (Å²) in [5, 5.41) is -0.249. The molecule has 0 atom stereocenters. The molecule has 1 N–H and O–H groups in total. The van der Waals surface area contributed by atoms with Crippen LogP contribution < -0.4 is 4.72 Å². The lowest BCUT2D eigenvalue weighted by Gasteiger charge is -2.22. The zero-order chi connectivity index (χ0) is 18.0. The molecule has 1 aliphatic rings. The van der Waals surface area contributed by atoms with E-state index in [0.717, 1.165) is 24.8 Å². The molecule has 1 aliphatic carbocycles. The maximum Gasteiger partial charge on any atom is 0.273 e. The molecule has 0 unspecified atom stereocenters. The van der Waals surface area contributed by atoms with Crippen molar-refractivity contribution >= 4 is 15.9 Å². The molecule has 1 aromatic carbocycles. The second-order valence-corrected chi connectivity index (χ2v) is 8.01. The molecule has 1 fully saturated rings. The minimum Gasteiger partial charge on any atom is -0.451 e. The number of nitrogens with one attached hydrogen (secondary N) is 1. The molecule has 1 saturated carbocycles. The Hall–Kier alpha value is -2.12. The molecular weight excluding hydrogens is 340 g/mol. The highest BCUT2D eigenvalue weighted by atomic mass is 32.2. The summed E-state index contributed by atoms with van der Waals surface area (Å²) in [6.45, 7) is 2.61. The summed E-state index contributed by atoms with van der Waals surface area (Å²) in [5.74, 6) is -0.205. The van der Waals surface area contributed by atoms with Gasteiger partial charge in [0.05, 0.1) is 5.56 Å². The van der Waals surface area contributed by atoms with Gasteiger partial charge in [0.15, 0.2) is 0 Å². The number of benzene rings is 1. The summed E-state index contributed by atoms with van der Waals surface area (Å²) >= 11 is 0. The standard InChI is InChI=1S/C18H22N2O4S/c1-3-13-4-6-14(7-5-13)11-20(16-8-9-16)18(21)15-10-17(24-12-15)25(22,23)19-2/h4-7,10,12,16,19H,3,8-9,11H2,1-2H3. The van der Waals surface area contributed by atoms with Gasteiger partial charge in [0.1, 0.15) is 6.26 Å². The molecule has 6 nitrogen and oxygen atoms in total. The van der Waals surface area contributed by atoms with Crippen LogP contribution in [0.15, 0.2) is 46.1 Å². The molecule has 134 valence electrons. The largest absolute Gasteiger partial charge is 0.451 e.